The summed E-state index contributed by atoms with van der Waals surface area (Å²) >= 11 is 0. The van der Waals surface area contributed by atoms with Crippen molar-refractivity contribution in [2.75, 3.05) is 18.6 Å². The molecule has 1 saturated heterocycles. The van der Waals surface area contributed by atoms with Crippen molar-refractivity contribution in [1.29, 1.82) is 0 Å². The lowest BCUT2D eigenvalue weighted by Gasteiger charge is -2.19. The summed E-state index contributed by atoms with van der Waals surface area (Å²) in [6, 6.07) is 13.7. The van der Waals surface area contributed by atoms with E-state index in [9.17, 15) is 14.4 Å². The van der Waals surface area contributed by atoms with E-state index in [-0.39, 0.29) is 36.0 Å². The molecule has 2 amide bonds. The third-order valence-corrected chi connectivity index (χ3v) is 5.70. The highest BCUT2D eigenvalue weighted by atomic mass is 16.5. The number of hydrogen-bond acceptors (Lipinski definition) is 5. The second-order valence-corrected chi connectivity index (χ2v) is 7.42. The first-order valence-corrected chi connectivity index (χ1v) is 9.87. The number of ether oxygens (including phenoxy) is 2. The molecule has 0 N–H and O–H groups in total. The first-order valence-electron chi connectivity index (χ1n) is 9.87. The average molecular weight is 393 g/mol. The van der Waals surface area contributed by atoms with Crippen LogP contribution in [-0.4, -0.2) is 31.3 Å². The number of methoxy groups -OCH3 is 1. The number of carbonyl (C=O) groups is 3. The zero-order valence-corrected chi connectivity index (χ0v) is 16.3. The molecule has 1 heterocycles. The normalized spacial score (nSPS) is 21.1. The van der Waals surface area contributed by atoms with E-state index in [1.165, 1.54) is 12.0 Å². The minimum atomic E-state index is -0.234. The lowest BCUT2D eigenvalue weighted by molar-refractivity contribution is -0.122. The topological polar surface area (TPSA) is 72.9 Å². The van der Waals surface area contributed by atoms with E-state index >= 15 is 0 Å². The minimum absolute atomic E-state index is 0.158. The standard InChI is InChI=1S/C23H23NO5/c1-28-16-8-6-7-15(13-16)20(25)14-29-21-12-5-4-11-19(21)24-22(26)17-9-2-3-10-18(17)23(24)27/h4-8,11-13,17-18H,2-3,9-10,14H2,1H3/t17-,18-/m1/s1. The van der Waals surface area contributed by atoms with Crippen molar-refractivity contribution < 1.29 is 23.9 Å². The van der Waals surface area contributed by atoms with Gasteiger partial charge in [0.25, 0.3) is 0 Å². The fourth-order valence-corrected chi connectivity index (χ4v) is 4.19. The van der Waals surface area contributed by atoms with Crippen LogP contribution in [0.4, 0.5) is 5.69 Å². The molecule has 0 bridgehead atoms. The van der Waals surface area contributed by atoms with Gasteiger partial charge in [-0.3, -0.25) is 14.4 Å². The van der Waals surface area contributed by atoms with E-state index in [0.29, 0.717) is 22.7 Å². The number of anilines is 1. The number of fused-ring (bicyclic) bond motifs is 1. The molecule has 0 radical (unpaired) electrons. The molecule has 6 heteroatoms. The van der Waals surface area contributed by atoms with Crippen molar-refractivity contribution in [3.05, 3.63) is 54.1 Å². The van der Waals surface area contributed by atoms with Gasteiger partial charge >= 0.3 is 0 Å². The molecule has 1 aliphatic heterocycles. The number of ketones is 1. The van der Waals surface area contributed by atoms with Gasteiger partial charge in [0.15, 0.2) is 12.4 Å². The second-order valence-electron chi connectivity index (χ2n) is 7.42. The van der Waals surface area contributed by atoms with Gasteiger partial charge in [0.1, 0.15) is 11.5 Å². The smallest absolute Gasteiger partial charge is 0.237 e. The van der Waals surface area contributed by atoms with Gasteiger partial charge < -0.3 is 9.47 Å². The van der Waals surface area contributed by atoms with Crippen molar-refractivity contribution >= 4 is 23.3 Å². The Labute approximate surface area is 169 Å². The van der Waals surface area contributed by atoms with Gasteiger partial charge in [-0.1, -0.05) is 37.1 Å². The van der Waals surface area contributed by atoms with Crippen LogP contribution in [0.3, 0.4) is 0 Å². The summed E-state index contributed by atoms with van der Waals surface area (Å²) < 4.78 is 10.9. The Balaban J connectivity index is 1.54. The summed E-state index contributed by atoms with van der Waals surface area (Å²) in [5.41, 5.74) is 0.886. The van der Waals surface area contributed by atoms with Gasteiger partial charge in [-0.2, -0.15) is 0 Å². The molecule has 0 unspecified atom stereocenters. The lowest BCUT2D eigenvalue weighted by Crippen LogP contribution is -2.31. The molecule has 6 nitrogen and oxygen atoms in total. The van der Waals surface area contributed by atoms with Crippen LogP contribution < -0.4 is 14.4 Å². The van der Waals surface area contributed by atoms with Gasteiger partial charge in [-0.05, 0) is 37.1 Å². The number of hydrogen-bond donors (Lipinski definition) is 0. The third-order valence-electron chi connectivity index (χ3n) is 5.70. The zero-order valence-electron chi connectivity index (χ0n) is 16.3. The maximum Gasteiger partial charge on any atom is 0.237 e. The molecular weight excluding hydrogens is 370 g/mol. The van der Waals surface area contributed by atoms with Gasteiger partial charge in [0.2, 0.25) is 11.8 Å². The van der Waals surface area contributed by atoms with Crippen LogP contribution in [0, 0.1) is 11.8 Å². The Morgan fingerprint density at radius 1 is 1.00 bits per heavy atom. The maximum atomic E-state index is 12.9. The predicted molar refractivity (Wildman–Crippen MR) is 107 cm³/mol. The number of para-hydroxylation sites is 2. The van der Waals surface area contributed by atoms with Crippen molar-refractivity contribution in [1.82, 2.24) is 0 Å². The first-order chi connectivity index (χ1) is 14.1. The van der Waals surface area contributed by atoms with Crippen molar-refractivity contribution in [3.63, 3.8) is 0 Å². The molecular formula is C23H23NO5. The quantitative estimate of drug-likeness (QED) is 0.553. The fraction of sp³-hybridized carbons (Fsp3) is 0.348. The van der Waals surface area contributed by atoms with Crippen LogP contribution >= 0.6 is 0 Å². The van der Waals surface area contributed by atoms with Crippen LogP contribution in [0.15, 0.2) is 48.5 Å². The highest BCUT2D eigenvalue weighted by Crippen LogP contribution is 2.42. The number of imide groups is 1. The van der Waals surface area contributed by atoms with Gasteiger partial charge in [-0.15, -0.1) is 0 Å². The fourth-order valence-electron chi connectivity index (χ4n) is 4.19. The molecule has 2 fully saturated rings. The Bertz CT molecular complexity index is 930. The Morgan fingerprint density at radius 2 is 1.69 bits per heavy atom. The highest BCUT2D eigenvalue weighted by Gasteiger charge is 2.49. The van der Waals surface area contributed by atoms with E-state index in [1.807, 2.05) is 0 Å². The summed E-state index contributed by atoms with van der Waals surface area (Å²) in [6.45, 7) is -0.201. The number of nitrogens with zero attached hydrogens (tertiary/aromatic N) is 1. The number of carbonyl (C=O) groups excluding carboxylic acids is 3. The summed E-state index contributed by atoms with van der Waals surface area (Å²) in [4.78, 5) is 39.6. The summed E-state index contributed by atoms with van der Waals surface area (Å²) in [6.07, 6.45) is 3.45. The van der Waals surface area contributed by atoms with E-state index in [0.717, 1.165) is 25.7 Å². The SMILES string of the molecule is COc1cccc(C(=O)COc2ccccc2N2C(=O)[C@@H]3CCCC[C@H]3C2=O)c1. The Morgan fingerprint density at radius 3 is 2.38 bits per heavy atom. The third kappa shape index (κ3) is 3.62. The summed E-state index contributed by atoms with van der Waals surface area (Å²) in [5.74, 6) is -0.0576. The monoisotopic (exact) mass is 393 g/mol. The highest BCUT2D eigenvalue weighted by molar-refractivity contribution is 6.22. The average Bonchev–Trinajstić information content (AvgIpc) is 3.02. The van der Waals surface area contributed by atoms with Crippen molar-refractivity contribution in [2.45, 2.75) is 25.7 Å². The van der Waals surface area contributed by atoms with E-state index in [2.05, 4.69) is 0 Å². The van der Waals surface area contributed by atoms with Crippen LogP contribution in [0.2, 0.25) is 0 Å². The van der Waals surface area contributed by atoms with E-state index in [1.54, 1.807) is 48.5 Å². The molecule has 2 aliphatic rings. The first kappa shape index (κ1) is 19.2. The van der Waals surface area contributed by atoms with E-state index in [4.69, 9.17) is 9.47 Å². The van der Waals surface area contributed by atoms with E-state index < -0.39 is 0 Å². The van der Waals surface area contributed by atoms with Crippen LogP contribution in [0.25, 0.3) is 0 Å². The molecule has 1 saturated carbocycles. The largest absolute Gasteiger partial charge is 0.497 e. The molecule has 2 atom stereocenters. The zero-order chi connectivity index (χ0) is 20.4. The minimum Gasteiger partial charge on any atom is -0.497 e. The molecule has 4 rings (SSSR count). The molecule has 2 aromatic rings. The number of amides is 2. The van der Waals surface area contributed by atoms with Gasteiger partial charge in [0.05, 0.1) is 24.6 Å². The number of Topliss-reactive ketones (excluding diaryl/α,β-unsaturated/α-hetero) is 1. The maximum absolute atomic E-state index is 12.9. The Hall–Kier alpha value is -3.15. The Kier molecular flexibility index (Phi) is 5.34. The summed E-state index contributed by atoms with van der Waals surface area (Å²) in [5, 5.41) is 0. The van der Waals surface area contributed by atoms with Crippen LogP contribution in [0.1, 0.15) is 36.0 Å². The molecule has 2 aromatic carbocycles. The van der Waals surface area contributed by atoms with Crippen molar-refractivity contribution in [3.8, 4) is 11.5 Å². The molecule has 0 spiro atoms. The number of rotatable bonds is 6. The van der Waals surface area contributed by atoms with Gasteiger partial charge in [0, 0.05) is 5.56 Å². The van der Waals surface area contributed by atoms with Crippen LogP contribution in [-0.2, 0) is 9.59 Å². The predicted octanol–water partition coefficient (Wildman–Crippen LogP) is 3.64. The molecule has 0 aromatic heterocycles. The second kappa shape index (κ2) is 8.07. The van der Waals surface area contributed by atoms with Crippen LogP contribution in [0.5, 0.6) is 11.5 Å². The number of benzene rings is 2. The van der Waals surface area contributed by atoms with Gasteiger partial charge in [-0.25, -0.2) is 4.90 Å². The molecule has 150 valence electrons. The summed E-state index contributed by atoms with van der Waals surface area (Å²) in [7, 11) is 1.54. The lowest BCUT2D eigenvalue weighted by atomic mass is 9.81. The molecule has 1 aliphatic carbocycles. The molecule has 29 heavy (non-hydrogen) atoms. The van der Waals surface area contributed by atoms with Crippen molar-refractivity contribution in [2.24, 2.45) is 11.8 Å².